The van der Waals surface area contributed by atoms with E-state index in [9.17, 15) is 9.90 Å². The third-order valence-corrected chi connectivity index (χ3v) is 3.71. The number of morpholine rings is 1. The lowest BCUT2D eigenvalue weighted by atomic mass is 10.1. The van der Waals surface area contributed by atoms with E-state index >= 15 is 0 Å². The highest BCUT2D eigenvalue weighted by atomic mass is 16.5. The van der Waals surface area contributed by atoms with Crippen molar-refractivity contribution in [3.05, 3.63) is 39.8 Å². The van der Waals surface area contributed by atoms with Crippen LogP contribution in [0.3, 0.4) is 0 Å². The minimum Gasteiger partial charge on any atom is -0.388 e. The molecule has 1 aliphatic heterocycles. The number of hydrogen-bond acceptors (Lipinski definition) is 5. The zero-order chi connectivity index (χ0) is 15.0. The standard InChI is InChI=1S/C15H19N3O3/c1-10-3-4-12-16-14(17-5-7-21-8-6-17)13(11(2)19)15(20)18(12)9-10/h3-4,9,11,19H,5-8H2,1-2H3. The predicted molar refractivity (Wildman–Crippen MR) is 79.9 cm³/mol. The lowest BCUT2D eigenvalue weighted by Crippen LogP contribution is -2.39. The number of anilines is 1. The van der Waals surface area contributed by atoms with Gasteiger partial charge >= 0.3 is 0 Å². The predicted octanol–water partition coefficient (Wildman–Crippen LogP) is 0.893. The average Bonchev–Trinajstić information content (AvgIpc) is 2.48. The molecule has 3 rings (SSSR count). The molecule has 3 heterocycles. The van der Waals surface area contributed by atoms with Crippen LogP contribution < -0.4 is 10.5 Å². The summed E-state index contributed by atoms with van der Waals surface area (Å²) < 4.78 is 6.84. The van der Waals surface area contributed by atoms with Crippen LogP contribution in [0.5, 0.6) is 0 Å². The Morgan fingerprint density at radius 2 is 2.05 bits per heavy atom. The van der Waals surface area contributed by atoms with Crippen molar-refractivity contribution in [3.63, 3.8) is 0 Å². The molecule has 1 unspecified atom stereocenters. The number of ether oxygens (including phenoxy) is 1. The molecule has 6 nitrogen and oxygen atoms in total. The number of aliphatic hydroxyl groups is 1. The van der Waals surface area contributed by atoms with E-state index in [2.05, 4.69) is 4.98 Å². The number of nitrogens with zero attached hydrogens (tertiary/aromatic N) is 3. The van der Waals surface area contributed by atoms with Gasteiger partial charge in [-0.05, 0) is 25.5 Å². The van der Waals surface area contributed by atoms with Gasteiger partial charge in [-0.2, -0.15) is 0 Å². The molecule has 1 saturated heterocycles. The van der Waals surface area contributed by atoms with E-state index in [1.807, 2.05) is 24.0 Å². The number of aliphatic hydroxyl groups excluding tert-OH is 1. The van der Waals surface area contributed by atoms with Crippen LogP contribution in [0.25, 0.3) is 5.65 Å². The number of pyridine rings is 1. The fourth-order valence-corrected chi connectivity index (χ4v) is 2.63. The molecule has 0 bridgehead atoms. The first kappa shape index (κ1) is 14.0. The second-order valence-corrected chi connectivity index (χ2v) is 5.36. The quantitative estimate of drug-likeness (QED) is 0.889. The monoisotopic (exact) mass is 289 g/mol. The third kappa shape index (κ3) is 2.52. The van der Waals surface area contributed by atoms with Gasteiger partial charge in [-0.3, -0.25) is 9.20 Å². The highest BCUT2D eigenvalue weighted by molar-refractivity contribution is 5.54. The van der Waals surface area contributed by atoms with Gasteiger partial charge in [0.25, 0.3) is 5.56 Å². The van der Waals surface area contributed by atoms with Crippen molar-refractivity contribution in [2.75, 3.05) is 31.2 Å². The van der Waals surface area contributed by atoms with Crippen molar-refractivity contribution in [2.45, 2.75) is 20.0 Å². The maximum Gasteiger partial charge on any atom is 0.265 e. The number of fused-ring (bicyclic) bond motifs is 1. The van der Waals surface area contributed by atoms with E-state index in [0.717, 1.165) is 5.56 Å². The van der Waals surface area contributed by atoms with Gasteiger partial charge < -0.3 is 14.7 Å². The van der Waals surface area contributed by atoms with Crippen molar-refractivity contribution in [2.24, 2.45) is 0 Å². The van der Waals surface area contributed by atoms with Gasteiger partial charge in [0.15, 0.2) is 0 Å². The molecule has 0 aliphatic carbocycles. The Morgan fingerprint density at radius 1 is 1.33 bits per heavy atom. The van der Waals surface area contributed by atoms with Gasteiger partial charge in [0.1, 0.15) is 11.5 Å². The summed E-state index contributed by atoms with van der Waals surface area (Å²) in [5, 5.41) is 10.0. The summed E-state index contributed by atoms with van der Waals surface area (Å²) in [6.45, 7) is 6.08. The maximum absolute atomic E-state index is 12.7. The topological polar surface area (TPSA) is 67.1 Å². The largest absolute Gasteiger partial charge is 0.388 e. The Bertz CT molecular complexity index is 718. The first-order valence-electron chi connectivity index (χ1n) is 7.11. The fraction of sp³-hybridized carbons (Fsp3) is 0.467. The Kier molecular flexibility index (Phi) is 3.65. The highest BCUT2D eigenvalue weighted by Crippen LogP contribution is 2.22. The van der Waals surface area contributed by atoms with Crippen molar-refractivity contribution >= 4 is 11.5 Å². The van der Waals surface area contributed by atoms with Gasteiger partial charge in [-0.15, -0.1) is 0 Å². The van der Waals surface area contributed by atoms with Gasteiger partial charge in [-0.25, -0.2) is 4.98 Å². The van der Waals surface area contributed by atoms with Gasteiger partial charge in [0.05, 0.1) is 24.9 Å². The number of rotatable bonds is 2. The smallest absolute Gasteiger partial charge is 0.265 e. The van der Waals surface area contributed by atoms with Crippen LogP contribution in [0.4, 0.5) is 5.82 Å². The summed E-state index contributed by atoms with van der Waals surface area (Å²) in [7, 11) is 0. The lowest BCUT2D eigenvalue weighted by Gasteiger charge is -2.30. The van der Waals surface area contributed by atoms with Crippen LogP contribution in [0.2, 0.25) is 0 Å². The molecule has 21 heavy (non-hydrogen) atoms. The van der Waals surface area contributed by atoms with Crippen LogP contribution in [0.15, 0.2) is 23.1 Å². The van der Waals surface area contributed by atoms with E-state index < -0.39 is 6.10 Å². The maximum atomic E-state index is 12.7. The fourth-order valence-electron chi connectivity index (χ4n) is 2.63. The second-order valence-electron chi connectivity index (χ2n) is 5.36. The first-order valence-corrected chi connectivity index (χ1v) is 7.11. The second kappa shape index (κ2) is 5.46. The molecule has 0 saturated carbocycles. The first-order chi connectivity index (χ1) is 10.1. The zero-order valence-electron chi connectivity index (χ0n) is 12.2. The Balaban J connectivity index is 2.24. The van der Waals surface area contributed by atoms with Crippen LogP contribution in [0.1, 0.15) is 24.2 Å². The minimum absolute atomic E-state index is 0.208. The SMILES string of the molecule is Cc1ccc2nc(N3CCOCC3)c(C(C)O)c(=O)n2c1. The number of aryl methyl sites for hydroxylation is 1. The van der Waals surface area contributed by atoms with Crippen LogP contribution in [-0.2, 0) is 4.74 Å². The summed E-state index contributed by atoms with van der Waals surface area (Å²) in [6, 6.07) is 3.75. The van der Waals surface area contributed by atoms with Gasteiger partial charge in [-0.1, -0.05) is 6.07 Å². The lowest BCUT2D eigenvalue weighted by molar-refractivity contribution is 0.121. The molecule has 1 aliphatic rings. The van der Waals surface area contributed by atoms with E-state index in [1.54, 1.807) is 13.1 Å². The molecule has 0 radical (unpaired) electrons. The molecule has 1 atom stereocenters. The molecule has 1 N–H and O–H groups in total. The molecule has 1 fully saturated rings. The van der Waals surface area contributed by atoms with Gasteiger partial charge in [0.2, 0.25) is 0 Å². The average molecular weight is 289 g/mol. The van der Waals surface area contributed by atoms with Crippen LogP contribution >= 0.6 is 0 Å². The number of hydrogen-bond donors (Lipinski definition) is 1. The molecule has 0 amide bonds. The Labute approximate surface area is 122 Å². The summed E-state index contributed by atoms with van der Waals surface area (Å²) >= 11 is 0. The summed E-state index contributed by atoms with van der Waals surface area (Å²) in [6.07, 6.45) is 0.889. The van der Waals surface area contributed by atoms with Crippen LogP contribution in [-0.4, -0.2) is 40.8 Å². The third-order valence-electron chi connectivity index (χ3n) is 3.71. The molecule has 0 spiro atoms. The molecular weight excluding hydrogens is 270 g/mol. The Morgan fingerprint density at radius 3 is 2.71 bits per heavy atom. The highest BCUT2D eigenvalue weighted by Gasteiger charge is 2.23. The zero-order valence-corrected chi connectivity index (χ0v) is 12.2. The van der Waals surface area contributed by atoms with E-state index in [1.165, 1.54) is 4.40 Å². The molecule has 2 aromatic heterocycles. The molecule has 0 aromatic carbocycles. The number of aromatic nitrogens is 2. The molecule has 2 aromatic rings. The molecule has 6 heteroatoms. The van der Waals surface area contributed by atoms with Crippen molar-refractivity contribution < 1.29 is 9.84 Å². The van der Waals surface area contributed by atoms with E-state index in [0.29, 0.717) is 43.3 Å². The normalized spacial score (nSPS) is 17.2. The summed E-state index contributed by atoms with van der Waals surface area (Å²) in [4.78, 5) is 19.3. The minimum atomic E-state index is -0.861. The Hall–Kier alpha value is -1.92. The molecule has 112 valence electrons. The van der Waals surface area contributed by atoms with Crippen molar-refractivity contribution in [3.8, 4) is 0 Å². The molecular formula is C15H19N3O3. The van der Waals surface area contributed by atoms with Crippen molar-refractivity contribution in [1.82, 2.24) is 9.38 Å². The van der Waals surface area contributed by atoms with Gasteiger partial charge in [0, 0.05) is 19.3 Å². The summed E-state index contributed by atoms with van der Waals surface area (Å²) in [5.74, 6) is 0.571. The van der Waals surface area contributed by atoms with Crippen molar-refractivity contribution in [1.29, 1.82) is 0 Å². The van der Waals surface area contributed by atoms with Crippen LogP contribution in [0, 0.1) is 6.92 Å². The van der Waals surface area contributed by atoms with E-state index in [-0.39, 0.29) is 5.56 Å². The summed E-state index contributed by atoms with van der Waals surface area (Å²) in [5.41, 5.74) is 1.71. The van der Waals surface area contributed by atoms with E-state index in [4.69, 9.17) is 4.74 Å².